The molecule has 146 valence electrons. The molecule has 2 aromatic carbocycles. The summed E-state index contributed by atoms with van der Waals surface area (Å²) in [6, 6.07) is 10.7. The van der Waals surface area contributed by atoms with Crippen LogP contribution in [0.5, 0.6) is 5.75 Å². The predicted octanol–water partition coefficient (Wildman–Crippen LogP) is 3.61. The zero-order chi connectivity index (χ0) is 20.5. The summed E-state index contributed by atoms with van der Waals surface area (Å²) in [6.07, 6.45) is 0. The van der Waals surface area contributed by atoms with Crippen molar-refractivity contribution < 1.29 is 19.2 Å². The standard InChI is InChI=1S/C19H14N4O5S/c1-10-17(12-4-7-15-14(8-12)20-16(24)9-28-15)21-19(29-10)22-18(25)11-2-5-13(6-3-11)23(26)27/h2-8H,9H2,1H3,(H,20,24)(H,21,22,25). The first-order valence-electron chi connectivity index (χ1n) is 8.51. The Bertz CT molecular complexity index is 1140. The number of carbonyl (C=O) groups is 2. The molecule has 29 heavy (non-hydrogen) atoms. The average molecular weight is 410 g/mol. The topological polar surface area (TPSA) is 123 Å². The molecule has 2 amide bonds. The Balaban J connectivity index is 1.55. The molecule has 0 atom stereocenters. The van der Waals surface area contributed by atoms with Crippen molar-refractivity contribution in [2.75, 3.05) is 17.2 Å². The number of amides is 2. The molecule has 0 spiro atoms. The molecular formula is C19H14N4O5S. The molecule has 3 aromatic rings. The predicted molar refractivity (Wildman–Crippen MR) is 107 cm³/mol. The van der Waals surface area contributed by atoms with Crippen LogP contribution >= 0.6 is 11.3 Å². The summed E-state index contributed by atoms with van der Waals surface area (Å²) in [5, 5.41) is 16.6. The van der Waals surface area contributed by atoms with Gasteiger partial charge in [0.25, 0.3) is 17.5 Å². The molecule has 0 radical (unpaired) electrons. The Morgan fingerprint density at radius 1 is 1.28 bits per heavy atom. The molecule has 0 unspecified atom stereocenters. The third kappa shape index (κ3) is 3.78. The molecule has 0 saturated carbocycles. The highest BCUT2D eigenvalue weighted by Crippen LogP contribution is 2.36. The van der Waals surface area contributed by atoms with E-state index in [9.17, 15) is 19.7 Å². The number of hydrogen-bond acceptors (Lipinski definition) is 7. The number of rotatable bonds is 4. The Morgan fingerprint density at radius 2 is 2.03 bits per heavy atom. The Labute approximate surface area is 168 Å². The van der Waals surface area contributed by atoms with Crippen molar-refractivity contribution >= 4 is 39.7 Å². The second kappa shape index (κ2) is 7.32. The van der Waals surface area contributed by atoms with E-state index in [1.165, 1.54) is 35.6 Å². The molecule has 1 aliphatic rings. The fraction of sp³-hybridized carbons (Fsp3) is 0.105. The normalized spacial score (nSPS) is 12.5. The molecule has 10 heteroatoms. The second-order valence-corrected chi connectivity index (χ2v) is 7.43. The van der Waals surface area contributed by atoms with Crippen molar-refractivity contribution in [2.24, 2.45) is 0 Å². The van der Waals surface area contributed by atoms with E-state index in [1.807, 2.05) is 13.0 Å². The molecule has 1 aromatic heterocycles. The summed E-state index contributed by atoms with van der Waals surface area (Å²) < 4.78 is 5.36. The Hall–Kier alpha value is -3.79. The number of carbonyl (C=O) groups excluding carboxylic acids is 2. The molecule has 1 aliphatic heterocycles. The number of benzene rings is 2. The molecular weight excluding hydrogens is 396 g/mol. The first-order chi connectivity index (χ1) is 13.9. The van der Waals surface area contributed by atoms with Crippen LogP contribution in [-0.2, 0) is 4.79 Å². The number of ether oxygens (including phenoxy) is 1. The lowest BCUT2D eigenvalue weighted by molar-refractivity contribution is -0.384. The lowest BCUT2D eigenvalue weighted by atomic mass is 10.1. The average Bonchev–Trinajstić information content (AvgIpc) is 3.07. The van der Waals surface area contributed by atoms with E-state index < -0.39 is 10.8 Å². The number of nitrogens with one attached hydrogen (secondary N) is 2. The van der Waals surface area contributed by atoms with Gasteiger partial charge in [-0.25, -0.2) is 4.98 Å². The number of nitro benzene ring substituents is 1. The first-order valence-corrected chi connectivity index (χ1v) is 9.32. The van der Waals surface area contributed by atoms with Crippen LogP contribution in [0.15, 0.2) is 42.5 Å². The van der Waals surface area contributed by atoms with Crippen molar-refractivity contribution in [3.63, 3.8) is 0 Å². The molecule has 2 heterocycles. The second-order valence-electron chi connectivity index (χ2n) is 6.23. The van der Waals surface area contributed by atoms with E-state index in [4.69, 9.17) is 4.74 Å². The van der Waals surface area contributed by atoms with Crippen LogP contribution in [0.1, 0.15) is 15.2 Å². The minimum absolute atomic E-state index is 0.0130. The minimum Gasteiger partial charge on any atom is -0.482 e. The third-order valence-corrected chi connectivity index (χ3v) is 5.13. The Kier molecular flexibility index (Phi) is 4.69. The molecule has 0 aliphatic carbocycles. The van der Waals surface area contributed by atoms with Gasteiger partial charge in [-0.05, 0) is 37.3 Å². The molecule has 0 fully saturated rings. The van der Waals surface area contributed by atoms with Crippen LogP contribution in [0.4, 0.5) is 16.5 Å². The van der Waals surface area contributed by atoms with Crippen LogP contribution < -0.4 is 15.4 Å². The van der Waals surface area contributed by atoms with Gasteiger partial charge in [0.15, 0.2) is 11.7 Å². The summed E-state index contributed by atoms with van der Waals surface area (Å²) in [6.45, 7) is 1.87. The monoisotopic (exact) mass is 410 g/mol. The van der Waals surface area contributed by atoms with Gasteiger partial charge in [-0.15, -0.1) is 11.3 Å². The van der Waals surface area contributed by atoms with E-state index in [1.54, 1.807) is 12.1 Å². The van der Waals surface area contributed by atoms with Crippen molar-refractivity contribution in [1.82, 2.24) is 4.98 Å². The highest BCUT2D eigenvalue weighted by Gasteiger charge is 2.19. The van der Waals surface area contributed by atoms with Crippen molar-refractivity contribution in [3.05, 3.63) is 63.0 Å². The van der Waals surface area contributed by atoms with E-state index in [-0.39, 0.29) is 18.2 Å². The molecule has 9 nitrogen and oxygen atoms in total. The maximum atomic E-state index is 12.4. The van der Waals surface area contributed by atoms with E-state index in [2.05, 4.69) is 15.6 Å². The largest absolute Gasteiger partial charge is 0.482 e. The van der Waals surface area contributed by atoms with E-state index in [0.717, 1.165) is 10.4 Å². The number of hydrogen-bond donors (Lipinski definition) is 2. The van der Waals surface area contributed by atoms with Gasteiger partial charge in [0.05, 0.1) is 16.3 Å². The third-order valence-electron chi connectivity index (χ3n) is 4.24. The SMILES string of the molecule is Cc1sc(NC(=O)c2ccc([N+](=O)[O-])cc2)nc1-c1ccc2c(c1)NC(=O)CO2. The summed E-state index contributed by atoms with van der Waals surface area (Å²) in [7, 11) is 0. The number of thiazole rings is 1. The summed E-state index contributed by atoms with van der Waals surface area (Å²) >= 11 is 1.31. The molecule has 0 bridgehead atoms. The van der Waals surface area contributed by atoms with Gasteiger partial charge in [0, 0.05) is 28.1 Å². The Morgan fingerprint density at radius 3 is 2.76 bits per heavy atom. The molecule has 2 N–H and O–H groups in total. The van der Waals surface area contributed by atoms with Gasteiger partial charge in [-0.3, -0.25) is 25.0 Å². The van der Waals surface area contributed by atoms with Crippen molar-refractivity contribution in [3.8, 4) is 17.0 Å². The summed E-state index contributed by atoms with van der Waals surface area (Å²) in [5.74, 6) is -0.0417. The fourth-order valence-electron chi connectivity index (χ4n) is 2.85. The number of aromatic nitrogens is 1. The zero-order valence-corrected chi connectivity index (χ0v) is 15.9. The highest BCUT2D eigenvalue weighted by atomic mass is 32.1. The number of anilines is 2. The van der Waals surface area contributed by atoms with Crippen LogP contribution in [0.3, 0.4) is 0 Å². The summed E-state index contributed by atoms with van der Waals surface area (Å²) in [5.41, 5.74) is 2.23. The van der Waals surface area contributed by atoms with E-state index in [0.29, 0.717) is 27.8 Å². The lowest BCUT2D eigenvalue weighted by Crippen LogP contribution is -2.25. The van der Waals surface area contributed by atoms with Crippen LogP contribution in [-0.4, -0.2) is 28.3 Å². The van der Waals surface area contributed by atoms with Crippen LogP contribution in [0.2, 0.25) is 0 Å². The minimum atomic E-state index is -0.524. The van der Waals surface area contributed by atoms with Crippen LogP contribution in [0, 0.1) is 17.0 Å². The number of non-ortho nitro benzene ring substituents is 1. The fourth-order valence-corrected chi connectivity index (χ4v) is 3.68. The van der Waals surface area contributed by atoms with E-state index >= 15 is 0 Å². The maximum absolute atomic E-state index is 12.4. The van der Waals surface area contributed by atoms with Crippen molar-refractivity contribution in [1.29, 1.82) is 0 Å². The van der Waals surface area contributed by atoms with Crippen molar-refractivity contribution in [2.45, 2.75) is 6.92 Å². The number of fused-ring (bicyclic) bond motifs is 1. The zero-order valence-electron chi connectivity index (χ0n) is 15.1. The van der Waals surface area contributed by atoms with Gasteiger partial charge < -0.3 is 10.1 Å². The highest BCUT2D eigenvalue weighted by molar-refractivity contribution is 7.16. The number of aryl methyl sites for hydroxylation is 1. The maximum Gasteiger partial charge on any atom is 0.269 e. The lowest BCUT2D eigenvalue weighted by Gasteiger charge is -2.18. The quantitative estimate of drug-likeness (QED) is 0.500. The molecule has 0 saturated heterocycles. The van der Waals surface area contributed by atoms with Gasteiger partial charge in [0.2, 0.25) is 0 Å². The smallest absolute Gasteiger partial charge is 0.269 e. The number of nitro groups is 1. The van der Waals surface area contributed by atoms with Gasteiger partial charge >= 0.3 is 0 Å². The van der Waals surface area contributed by atoms with Crippen LogP contribution in [0.25, 0.3) is 11.3 Å². The van der Waals surface area contributed by atoms with Gasteiger partial charge in [0.1, 0.15) is 5.75 Å². The molecule has 4 rings (SSSR count). The summed E-state index contributed by atoms with van der Waals surface area (Å²) in [4.78, 5) is 39.5. The van der Waals surface area contributed by atoms with Gasteiger partial charge in [-0.2, -0.15) is 0 Å². The number of nitrogens with zero attached hydrogens (tertiary/aromatic N) is 2. The van der Waals surface area contributed by atoms with Gasteiger partial charge in [-0.1, -0.05) is 0 Å². The first kappa shape index (κ1) is 18.6.